The van der Waals surface area contributed by atoms with Crippen molar-refractivity contribution >= 4 is 0 Å². The quantitative estimate of drug-likeness (QED) is 0.867. The minimum Gasteiger partial charge on any atom is -0.388 e. The van der Waals surface area contributed by atoms with Gasteiger partial charge in [0.2, 0.25) is 0 Å². The lowest BCUT2D eigenvalue weighted by atomic mass is 9.83. The predicted octanol–water partition coefficient (Wildman–Crippen LogP) is 3.82. The van der Waals surface area contributed by atoms with Gasteiger partial charge in [0.1, 0.15) is 11.6 Å². The van der Waals surface area contributed by atoms with Crippen molar-refractivity contribution in [2.75, 3.05) is 0 Å². The molecule has 0 aliphatic heterocycles. The van der Waals surface area contributed by atoms with E-state index in [0.29, 0.717) is 18.3 Å². The molecule has 1 aromatic rings. The van der Waals surface area contributed by atoms with Gasteiger partial charge in [-0.05, 0) is 49.5 Å². The highest BCUT2D eigenvalue weighted by atomic mass is 19.1. The van der Waals surface area contributed by atoms with E-state index in [9.17, 15) is 13.9 Å². The summed E-state index contributed by atoms with van der Waals surface area (Å²) in [6.07, 6.45) is 4.85. The van der Waals surface area contributed by atoms with Crippen LogP contribution < -0.4 is 0 Å². The van der Waals surface area contributed by atoms with Crippen molar-refractivity contribution in [1.29, 1.82) is 0 Å². The summed E-state index contributed by atoms with van der Waals surface area (Å²) in [5.74, 6) is 0.829. The van der Waals surface area contributed by atoms with E-state index in [1.54, 1.807) is 0 Å². The van der Waals surface area contributed by atoms with Crippen LogP contribution in [0.2, 0.25) is 0 Å². The summed E-state index contributed by atoms with van der Waals surface area (Å²) < 4.78 is 26.4. The zero-order valence-electron chi connectivity index (χ0n) is 10.3. The largest absolute Gasteiger partial charge is 0.388 e. The smallest absolute Gasteiger partial charge is 0.131 e. The minimum atomic E-state index is -0.796. The van der Waals surface area contributed by atoms with Gasteiger partial charge in [-0.3, -0.25) is 0 Å². The Balaban J connectivity index is 1.69. The Hall–Kier alpha value is -0.960. The number of aliphatic hydroxyl groups excluding tert-OH is 1. The topological polar surface area (TPSA) is 20.2 Å². The molecule has 18 heavy (non-hydrogen) atoms. The van der Waals surface area contributed by atoms with Crippen LogP contribution in [0.25, 0.3) is 0 Å². The highest BCUT2D eigenvalue weighted by Gasteiger charge is 2.40. The molecule has 0 aromatic heterocycles. The Kier molecular flexibility index (Phi) is 3.10. The molecular weight excluding hydrogens is 234 g/mol. The van der Waals surface area contributed by atoms with Crippen LogP contribution in [-0.2, 0) is 0 Å². The second-order valence-electron chi connectivity index (χ2n) is 5.85. The van der Waals surface area contributed by atoms with Crippen LogP contribution >= 0.6 is 0 Å². The minimum absolute atomic E-state index is 0.235. The van der Waals surface area contributed by atoms with Gasteiger partial charge in [-0.2, -0.15) is 0 Å². The Labute approximate surface area is 106 Å². The third-order valence-corrected chi connectivity index (χ3v) is 4.73. The third-order valence-electron chi connectivity index (χ3n) is 4.73. The van der Waals surface area contributed by atoms with Crippen LogP contribution in [0.3, 0.4) is 0 Å². The first-order valence-electron chi connectivity index (χ1n) is 6.76. The van der Waals surface area contributed by atoms with Crippen molar-refractivity contribution in [3.8, 4) is 0 Å². The molecule has 2 fully saturated rings. The standard InChI is InChI=1S/C15H18F2O/c16-12-3-4-13(14(17)8-12)15(18)7-11-6-9-1-2-10(11)5-9/h3-4,8-11,15,18H,1-2,5-7H2. The van der Waals surface area contributed by atoms with Crippen molar-refractivity contribution < 1.29 is 13.9 Å². The van der Waals surface area contributed by atoms with Crippen LogP contribution in [0, 0.1) is 29.4 Å². The number of hydrogen-bond acceptors (Lipinski definition) is 1. The fourth-order valence-electron chi connectivity index (χ4n) is 3.85. The Morgan fingerprint density at radius 3 is 2.67 bits per heavy atom. The van der Waals surface area contributed by atoms with Crippen LogP contribution in [0.5, 0.6) is 0 Å². The normalized spacial score (nSPS) is 31.8. The first kappa shape index (κ1) is 12.1. The number of aliphatic hydroxyl groups is 1. The summed E-state index contributed by atoms with van der Waals surface area (Å²) in [6.45, 7) is 0. The maximum Gasteiger partial charge on any atom is 0.131 e. The lowest BCUT2D eigenvalue weighted by Crippen LogP contribution is -2.15. The van der Waals surface area contributed by atoms with Gasteiger partial charge in [0, 0.05) is 11.6 Å². The first-order valence-corrected chi connectivity index (χ1v) is 6.76. The van der Waals surface area contributed by atoms with E-state index < -0.39 is 17.7 Å². The van der Waals surface area contributed by atoms with Gasteiger partial charge in [0.25, 0.3) is 0 Å². The van der Waals surface area contributed by atoms with Crippen molar-refractivity contribution in [2.24, 2.45) is 17.8 Å². The summed E-state index contributed by atoms with van der Waals surface area (Å²) >= 11 is 0. The Bertz CT molecular complexity index is 446. The summed E-state index contributed by atoms with van der Waals surface area (Å²) in [5, 5.41) is 10.1. The molecular formula is C15H18F2O. The molecule has 0 heterocycles. The van der Waals surface area contributed by atoms with E-state index in [0.717, 1.165) is 12.0 Å². The second kappa shape index (κ2) is 4.61. The van der Waals surface area contributed by atoms with Crippen molar-refractivity contribution in [3.05, 3.63) is 35.4 Å². The molecule has 4 unspecified atom stereocenters. The van der Waals surface area contributed by atoms with Gasteiger partial charge in [-0.1, -0.05) is 12.5 Å². The monoisotopic (exact) mass is 252 g/mol. The fourth-order valence-corrected chi connectivity index (χ4v) is 3.85. The molecule has 3 heteroatoms. The van der Waals surface area contributed by atoms with E-state index in [1.165, 1.54) is 37.8 Å². The molecule has 4 atom stereocenters. The van der Waals surface area contributed by atoms with Crippen LogP contribution in [-0.4, -0.2) is 5.11 Å². The number of benzene rings is 1. The molecule has 2 bridgehead atoms. The average molecular weight is 252 g/mol. The van der Waals surface area contributed by atoms with E-state index in [1.807, 2.05) is 0 Å². The fraction of sp³-hybridized carbons (Fsp3) is 0.600. The number of halogens is 2. The van der Waals surface area contributed by atoms with E-state index in [2.05, 4.69) is 0 Å². The van der Waals surface area contributed by atoms with E-state index >= 15 is 0 Å². The maximum absolute atomic E-state index is 13.6. The SMILES string of the molecule is OC(CC1CC2CCC1C2)c1ccc(F)cc1F. The van der Waals surface area contributed by atoms with Gasteiger partial charge in [0.05, 0.1) is 6.10 Å². The lowest BCUT2D eigenvalue weighted by Gasteiger charge is -2.24. The molecule has 0 saturated heterocycles. The summed E-state index contributed by atoms with van der Waals surface area (Å²) in [4.78, 5) is 0. The maximum atomic E-state index is 13.6. The number of hydrogen-bond donors (Lipinski definition) is 1. The van der Waals surface area contributed by atoms with Crippen molar-refractivity contribution in [2.45, 2.75) is 38.2 Å². The van der Waals surface area contributed by atoms with E-state index in [4.69, 9.17) is 0 Å². The summed E-state index contributed by atoms with van der Waals surface area (Å²) in [6, 6.07) is 3.42. The van der Waals surface area contributed by atoms with E-state index in [-0.39, 0.29) is 5.56 Å². The average Bonchev–Trinajstić information content (AvgIpc) is 2.90. The summed E-state index contributed by atoms with van der Waals surface area (Å²) in [7, 11) is 0. The molecule has 2 aliphatic rings. The van der Waals surface area contributed by atoms with Crippen molar-refractivity contribution in [1.82, 2.24) is 0 Å². The zero-order chi connectivity index (χ0) is 12.7. The highest BCUT2D eigenvalue weighted by Crippen LogP contribution is 2.51. The number of rotatable bonds is 3. The zero-order valence-corrected chi connectivity index (χ0v) is 10.3. The second-order valence-corrected chi connectivity index (χ2v) is 5.85. The Morgan fingerprint density at radius 1 is 1.22 bits per heavy atom. The van der Waals surface area contributed by atoms with Crippen LogP contribution in [0.15, 0.2) is 18.2 Å². The first-order chi connectivity index (χ1) is 8.63. The van der Waals surface area contributed by atoms with Gasteiger partial charge >= 0.3 is 0 Å². The Morgan fingerprint density at radius 2 is 2.06 bits per heavy atom. The molecule has 3 rings (SSSR count). The third kappa shape index (κ3) is 2.16. The lowest BCUT2D eigenvalue weighted by molar-refractivity contribution is 0.122. The molecule has 1 aromatic carbocycles. The molecule has 1 nitrogen and oxygen atoms in total. The molecule has 0 amide bonds. The van der Waals surface area contributed by atoms with Gasteiger partial charge in [-0.25, -0.2) is 8.78 Å². The van der Waals surface area contributed by atoms with Crippen molar-refractivity contribution in [3.63, 3.8) is 0 Å². The van der Waals surface area contributed by atoms with Gasteiger partial charge < -0.3 is 5.11 Å². The van der Waals surface area contributed by atoms with Gasteiger partial charge in [-0.15, -0.1) is 0 Å². The molecule has 0 spiro atoms. The summed E-state index contributed by atoms with van der Waals surface area (Å²) in [5.41, 5.74) is 0.235. The van der Waals surface area contributed by atoms with Crippen LogP contribution in [0.4, 0.5) is 8.78 Å². The van der Waals surface area contributed by atoms with Crippen LogP contribution in [0.1, 0.15) is 43.8 Å². The van der Waals surface area contributed by atoms with Gasteiger partial charge in [0.15, 0.2) is 0 Å². The molecule has 1 N–H and O–H groups in total. The molecule has 2 aliphatic carbocycles. The molecule has 98 valence electrons. The molecule has 2 saturated carbocycles. The predicted molar refractivity (Wildman–Crippen MR) is 64.9 cm³/mol. The molecule has 0 radical (unpaired) electrons. The highest BCUT2D eigenvalue weighted by molar-refractivity contribution is 5.21. The number of fused-ring (bicyclic) bond motifs is 2.